The van der Waals surface area contributed by atoms with E-state index in [0.717, 1.165) is 5.56 Å². The van der Waals surface area contributed by atoms with Crippen LogP contribution in [-0.2, 0) is 6.54 Å². The van der Waals surface area contributed by atoms with E-state index in [9.17, 15) is 9.90 Å². The summed E-state index contributed by atoms with van der Waals surface area (Å²) in [5.74, 6) is -0.327. The van der Waals surface area contributed by atoms with Crippen LogP contribution in [-0.4, -0.2) is 34.2 Å². The van der Waals surface area contributed by atoms with Crippen molar-refractivity contribution in [3.8, 4) is 11.5 Å². The van der Waals surface area contributed by atoms with Crippen LogP contribution >= 0.6 is 0 Å². The number of aromatic hydroxyl groups is 2. The van der Waals surface area contributed by atoms with Crippen molar-refractivity contribution in [2.75, 3.05) is 13.1 Å². The highest BCUT2D eigenvalue weighted by Crippen LogP contribution is 2.25. The SMILES string of the molecule is O=C1[N]CCN1Cc1ccc(O)c(O)c1. The molecule has 2 N–H and O–H groups in total. The molecule has 1 saturated heterocycles. The second-order valence-corrected chi connectivity index (χ2v) is 3.41. The smallest absolute Gasteiger partial charge is 0.339 e. The molecule has 2 amide bonds. The summed E-state index contributed by atoms with van der Waals surface area (Å²) >= 11 is 0. The molecule has 0 saturated carbocycles. The number of benzene rings is 1. The van der Waals surface area contributed by atoms with Gasteiger partial charge in [-0.15, -0.1) is 0 Å². The Balaban J connectivity index is 2.10. The molecule has 1 aliphatic heterocycles. The lowest BCUT2D eigenvalue weighted by molar-refractivity contribution is 0.215. The summed E-state index contributed by atoms with van der Waals surface area (Å²) in [6.45, 7) is 1.56. The summed E-state index contributed by atoms with van der Waals surface area (Å²) < 4.78 is 0. The highest BCUT2D eigenvalue weighted by atomic mass is 16.3. The molecule has 79 valence electrons. The molecule has 0 bridgehead atoms. The molecule has 0 unspecified atom stereocenters. The van der Waals surface area contributed by atoms with E-state index in [2.05, 4.69) is 5.32 Å². The lowest BCUT2D eigenvalue weighted by atomic mass is 10.2. The maximum Gasteiger partial charge on any atom is 0.339 e. The van der Waals surface area contributed by atoms with E-state index < -0.39 is 0 Å². The van der Waals surface area contributed by atoms with Gasteiger partial charge in [0.1, 0.15) is 0 Å². The third-order valence-corrected chi connectivity index (χ3v) is 2.30. The molecule has 5 heteroatoms. The van der Waals surface area contributed by atoms with Crippen molar-refractivity contribution in [2.24, 2.45) is 0 Å². The molecule has 2 rings (SSSR count). The molecule has 1 aromatic carbocycles. The zero-order valence-corrected chi connectivity index (χ0v) is 8.05. The second-order valence-electron chi connectivity index (χ2n) is 3.41. The molecule has 1 aromatic rings. The number of hydrogen-bond donors (Lipinski definition) is 2. The molecule has 0 atom stereocenters. The Morgan fingerprint density at radius 3 is 2.73 bits per heavy atom. The summed E-state index contributed by atoms with van der Waals surface area (Å²) in [7, 11) is 0. The highest BCUT2D eigenvalue weighted by Gasteiger charge is 2.21. The molecule has 15 heavy (non-hydrogen) atoms. The Bertz CT molecular complexity index is 392. The van der Waals surface area contributed by atoms with Gasteiger partial charge < -0.3 is 15.1 Å². The van der Waals surface area contributed by atoms with E-state index in [-0.39, 0.29) is 17.5 Å². The molecule has 0 aromatic heterocycles. The number of urea groups is 1. The molecule has 5 nitrogen and oxygen atoms in total. The van der Waals surface area contributed by atoms with Gasteiger partial charge in [-0.1, -0.05) is 6.07 Å². The Hall–Kier alpha value is -1.91. The molecule has 1 radical (unpaired) electrons. The molecule has 0 spiro atoms. The summed E-state index contributed by atoms with van der Waals surface area (Å²) in [5.41, 5.74) is 0.774. The maximum absolute atomic E-state index is 11.2. The first-order valence-electron chi connectivity index (χ1n) is 4.64. The van der Waals surface area contributed by atoms with Gasteiger partial charge in [0.2, 0.25) is 0 Å². The number of carbonyl (C=O) groups excluding carboxylic acids is 1. The van der Waals surface area contributed by atoms with Crippen LogP contribution in [0.1, 0.15) is 5.56 Å². The predicted octanol–water partition coefficient (Wildman–Crippen LogP) is 0.638. The van der Waals surface area contributed by atoms with Crippen LogP contribution in [0, 0.1) is 0 Å². The standard InChI is InChI=1S/C10H11N2O3/c13-8-2-1-7(5-9(8)14)6-12-4-3-11-10(12)15/h1-2,5,13-14H,3-4,6H2. The van der Waals surface area contributed by atoms with Crippen molar-refractivity contribution < 1.29 is 15.0 Å². The van der Waals surface area contributed by atoms with E-state index in [1.165, 1.54) is 12.1 Å². The fourth-order valence-electron chi connectivity index (χ4n) is 1.50. The van der Waals surface area contributed by atoms with Gasteiger partial charge in [0.25, 0.3) is 0 Å². The van der Waals surface area contributed by atoms with Crippen LogP contribution < -0.4 is 5.32 Å². The fourth-order valence-corrected chi connectivity index (χ4v) is 1.50. The van der Waals surface area contributed by atoms with Crippen molar-refractivity contribution >= 4 is 6.03 Å². The quantitative estimate of drug-likeness (QED) is 0.699. The van der Waals surface area contributed by atoms with E-state index in [1.807, 2.05) is 0 Å². The van der Waals surface area contributed by atoms with Gasteiger partial charge in [0.05, 0.1) is 6.54 Å². The molecule has 1 heterocycles. The monoisotopic (exact) mass is 207 g/mol. The topological polar surface area (TPSA) is 74.9 Å². The minimum atomic E-state index is -0.220. The Labute approximate surface area is 86.9 Å². The van der Waals surface area contributed by atoms with Gasteiger partial charge in [0, 0.05) is 13.1 Å². The first-order valence-corrected chi connectivity index (χ1v) is 4.64. The van der Waals surface area contributed by atoms with Gasteiger partial charge in [-0.3, -0.25) is 0 Å². The van der Waals surface area contributed by atoms with Gasteiger partial charge in [-0.05, 0) is 17.7 Å². The van der Waals surface area contributed by atoms with Crippen LogP contribution in [0.15, 0.2) is 18.2 Å². The summed E-state index contributed by atoms with van der Waals surface area (Å²) in [6, 6.07) is 4.30. The van der Waals surface area contributed by atoms with Crippen LogP contribution in [0.5, 0.6) is 11.5 Å². The summed E-state index contributed by atoms with van der Waals surface area (Å²) in [5, 5.41) is 22.1. The fraction of sp³-hybridized carbons (Fsp3) is 0.300. The minimum Gasteiger partial charge on any atom is -0.504 e. The van der Waals surface area contributed by atoms with E-state index in [0.29, 0.717) is 19.6 Å². The number of hydrogen-bond acceptors (Lipinski definition) is 3. The van der Waals surface area contributed by atoms with E-state index >= 15 is 0 Å². The van der Waals surface area contributed by atoms with Crippen LogP contribution in [0.25, 0.3) is 0 Å². The average Bonchev–Trinajstić information content (AvgIpc) is 2.59. The molecule has 1 aliphatic rings. The summed E-state index contributed by atoms with van der Waals surface area (Å²) in [6.07, 6.45) is 0. The van der Waals surface area contributed by atoms with Crippen LogP contribution in [0.4, 0.5) is 4.79 Å². The third kappa shape index (κ3) is 1.96. The van der Waals surface area contributed by atoms with Gasteiger partial charge in [-0.2, -0.15) is 0 Å². The average molecular weight is 207 g/mol. The predicted molar refractivity (Wildman–Crippen MR) is 52.6 cm³/mol. The molecular formula is C10H11N2O3. The van der Waals surface area contributed by atoms with Gasteiger partial charge in [0.15, 0.2) is 11.5 Å². The normalized spacial score (nSPS) is 15.5. The van der Waals surface area contributed by atoms with Crippen molar-refractivity contribution in [1.29, 1.82) is 0 Å². The first-order chi connectivity index (χ1) is 7.16. The van der Waals surface area contributed by atoms with Crippen molar-refractivity contribution in [3.05, 3.63) is 23.8 Å². The number of phenolic OH excluding ortho intramolecular Hbond substituents is 2. The van der Waals surface area contributed by atoms with Gasteiger partial charge >= 0.3 is 6.03 Å². The van der Waals surface area contributed by atoms with Crippen LogP contribution in [0.2, 0.25) is 0 Å². The zero-order chi connectivity index (χ0) is 10.8. The lowest BCUT2D eigenvalue weighted by Crippen LogP contribution is -2.25. The largest absolute Gasteiger partial charge is 0.504 e. The lowest BCUT2D eigenvalue weighted by Gasteiger charge is -2.13. The number of phenols is 2. The number of carbonyl (C=O) groups is 1. The highest BCUT2D eigenvalue weighted by molar-refractivity contribution is 5.75. The number of amides is 2. The Kier molecular flexibility index (Phi) is 2.37. The van der Waals surface area contributed by atoms with Crippen molar-refractivity contribution in [2.45, 2.75) is 6.54 Å². The van der Waals surface area contributed by atoms with E-state index in [1.54, 1.807) is 11.0 Å². The molecular weight excluding hydrogens is 196 g/mol. The zero-order valence-electron chi connectivity index (χ0n) is 8.05. The number of rotatable bonds is 2. The van der Waals surface area contributed by atoms with Gasteiger partial charge in [-0.25, -0.2) is 10.1 Å². The maximum atomic E-state index is 11.2. The number of nitrogens with zero attached hydrogens (tertiary/aromatic N) is 2. The second kappa shape index (κ2) is 3.68. The molecule has 1 fully saturated rings. The van der Waals surface area contributed by atoms with Crippen LogP contribution in [0.3, 0.4) is 0 Å². The minimum absolute atomic E-state index is 0.156. The molecule has 0 aliphatic carbocycles. The Morgan fingerprint density at radius 2 is 2.13 bits per heavy atom. The van der Waals surface area contributed by atoms with Crippen molar-refractivity contribution in [3.63, 3.8) is 0 Å². The van der Waals surface area contributed by atoms with Crippen molar-refractivity contribution in [1.82, 2.24) is 10.2 Å². The van der Waals surface area contributed by atoms with E-state index in [4.69, 9.17) is 5.11 Å². The summed E-state index contributed by atoms with van der Waals surface area (Å²) in [4.78, 5) is 12.8. The Morgan fingerprint density at radius 1 is 1.33 bits per heavy atom. The third-order valence-electron chi connectivity index (χ3n) is 2.30. The first kappa shape index (κ1) is 9.64.